The monoisotopic (exact) mass is 285 g/mol. The molecule has 102 valence electrons. The fourth-order valence-corrected chi connectivity index (χ4v) is 3.12. The molecule has 0 aliphatic rings. The Balaban J connectivity index is 1.85. The van der Waals surface area contributed by atoms with Crippen LogP contribution in [0.4, 0.5) is 5.69 Å². The van der Waals surface area contributed by atoms with E-state index < -0.39 is 0 Å². The Kier molecular flexibility index (Phi) is 3.48. The van der Waals surface area contributed by atoms with Crippen LogP contribution in [0.25, 0.3) is 10.1 Å². The summed E-state index contributed by atoms with van der Waals surface area (Å²) < 4.78 is 12.3. The first-order chi connectivity index (χ1) is 9.79. The standard InChI is InChI=1S/C16H15NO2S/c1-18-14-7-2-3-8-15(14)19-9-11-10-20-16-12(11)5-4-6-13(16)17/h2-8,10H,9,17H2,1H3. The molecule has 0 saturated heterocycles. The molecule has 0 aliphatic carbocycles. The molecular weight excluding hydrogens is 270 g/mol. The highest BCUT2D eigenvalue weighted by atomic mass is 32.1. The topological polar surface area (TPSA) is 44.5 Å². The first-order valence-corrected chi connectivity index (χ1v) is 7.18. The average molecular weight is 285 g/mol. The van der Waals surface area contributed by atoms with Crippen LogP contribution in [-0.2, 0) is 6.61 Å². The summed E-state index contributed by atoms with van der Waals surface area (Å²) in [6.07, 6.45) is 0. The third-order valence-corrected chi connectivity index (χ3v) is 4.26. The average Bonchev–Trinajstić information content (AvgIpc) is 2.90. The van der Waals surface area contributed by atoms with E-state index in [1.165, 1.54) is 0 Å². The number of methoxy groups -OCH3 is 1. The Morgan fingerprint density at radius 1 is 1.05 bits per heavy atom. The quantitative estimate of drug-likeness (QED) is 0.735. The van der Waals surface area contributed by atoms with Crippen LogP contribution in [0.5, 0.6) is 11.5 Å². The lowest BCUT2D eigenvalue weighted by atomic mass is 10.2. The molecule has 3 aromatic rings. The second-order valence-corrected chi connectivity index (χ2v) is 5.30. The van der Waals surface area contributed by atoms with E-state index in [1.807, 2.05) is 36.4 Å². The largest absolute Gasteiger partial charge is 0.493 e. The van der Waals surface area contributed by atoms with E-state index in [0.29, 0.717) is 6.61 Å². The van der Waals surface area contributed by atoms with E-state index in [9.17, 15) is 0 Å². The fraction of sp³-hybridized carbons (Fsp3) is 0.125. The Morgan fingerprint density at radius 3 is 2.65 bits per heavy atom. The van der Waals surface area contributed by atoms with Crippen LogP contribution in [-0.4, -0.2) is 7.11 Å². The van der Waals surface area contributed by atoms with E-state index in [4.69, 9.17) is 15.2 Å². The molecule has 3 nitrogen and oxygen atoms in total. The van der Waals surface area contributed by atoms with Gasteiger partial charge in [0, 0.05) is 16.6 Å². The molecule has 0 saturated carbocycles. The number of ether oxygens (including phenoxy) is 2. The van der Waals surface area contributed by atoms with Crippen molar-refractivity contribution in [2.75, 3.05) is 12.8 Å². The van der Waals surface area contributed by atoms with E-state index in [-0.39, 0.29) is 0 Å². The predicted molar refractivity (Wildman–Crippen MR) is 83.6 cm³/mol. The van der Waals surface area contributed by atoms with Crippen LogP contribution in [0.15, 0.2) is 47.8 Å². The zero-order valence-corrected chi connectivity index (χ0v) is 11.9. The van der Waals surface area contributed by atoms with Gasteiger partial charge < -0.3 is 15.2 Å². The van der Waals surface area contributed by atoms with Gasteiger partial charge in [0.05, 0.1) is 11.8 Å². The summed E-state index contributed by atoms with van der Waals surface area (Å²) in [5.41, 5.74) is 7.93. The van der Waals surface area contributed by atoms with Crippen LogP contribution < -0.4 is 15.2 Å². The van der Waals surface area contributed by atoms with Crippen molar-refractivity contribution in [2.24, 2.45) is 0 Å². The molecule has 0 spiro atoms. The Bertz CT molecular complexity index is 736. The number of nitrogen functional groups attached to an aromatic ring is 1. The minimum Gasteiger partial charge on any atom is -0.493 e. The van der Waals surface area contributed by atoms with Crippen LogP contribution in [0.3, 0.4) is 0 Å². The number of hydrogen-bond acceptors (Lipinski definition) is 4. The van der Waals surface area contributed by atoms with Crippen molar-refractivity contribution in [3.8, 4) is 11.5 Å². The maximum atomic E-state index is 5.97. The molecular formula is C16H15NO2S. The van der Waals surface area contributed by atoms with Crippen molar-refractivity contribution in [1.29, 1.82) is 0 Å². The van der Waals surface area contributed by atoms with Gasteiger partial charge in [-0.2, -0.15) is 0 Å². The number of rotatable bonds is 4. The number of benzene rings is 2. The molecule has 0 aliphatic heterocycles. The second-order valence-electron chi connectivity index (χ2n) is 4.42. The van der Waals surface area contributed by atoms with Crippen LogP contribution in [0, 0.1) is 0 Å². The van der Waals surface area contributed by atoms with E-state index in [1.54, 1.807) is 18.4 Å². The normalized spacial score (nSPS) is 10.7. The highest BCUT2D eigenvalue weighted by Crippen LogP contribution is 2.32. The lowest BCUT2D eigenvalue weighted by Crippen LogP contribution is -1.96. The molecule has 3 rings (SSSR count). The lowest BCUT2D eigenvalue weighted by molar-refractivity contribution is 0.286. The molecule has 0 atom stereocenters. The maximum absolute atomic E-state index is 5.97. The second kappa shape index (κ2) is 5.43. The summed E-state index contributed by atoms with van der Waals surface area (Å²) in [6, 6.07) is 13.6. The minimum atomic E-state index is 0.504. The number of nitrogens with two attached hydrogens (primary N) is 1. The Hall–Kier alpha value is -2.20. The fourth-order valence-electron chi connectivity index (χ4n) is 2.14. The molecule has 0 amide bonds. The van der Waals surface area contributed by atoms with Gasteiger partial charge >= 0.3 is 0 Å². The smallest absolute Gasteiger partial charge is 0.161 e. The zero-order chi connectivity index (χ0) is 13.9. The Labute approximate surface area is 121 Å². The van der Waals surface area contributed by atoms with E-state index >= 15 is 0 Å². The molecule has 0 fully saturated rings. The summed E-state index contributed by atoms with van der Waals surface area (Å²) in [7, 11) is 1.64. The van der Waals surface area contributed by atoms with Gasteiger partial charge in [0.25, 0.3) is 0 Å². The number of hydrogen-bond donors (Lipinski definition) is 1. The molecule has 0 unspecified atom stereocenters. The van der Waals surface area contributed by atoms with Gasteiger partial charge in [0.2, 0.25) is 0 Å². The summed E-state index contributed by atoms with van der Waals surface area (Å²) >= 11 is 1.65. The zero-order valence-electron chi connectivity index (χ0n) is 11.1. The van der Waals surface area contributed by atoms with Gasteiger partial charge in [-0.1, -0.05) is 24.3 Å². The predicted octanol–water partition coefficient (Wildman–Crippen LogP) is 4.07. The van der Waals surface area contributed by atoms with Gasteiger partial charge in [-0.15, -0.1) is 11.3 Å². The van der Waals surface area contributed by atoms with Crippen molar-refractivity contribution in [3.05, 3.63) is 53.4 Å². The first kappa shape index (κ1) is 12.8. The van der Waals surface area contributed by atoms with Crippen molar-refractivity contribution in [1.82, 2.24) is 0 Å². The molecule has 1 aromatic heterocycles. The van der Waals surface area contributed by atoms with Crippen LogP contribution >= 0.6 is 11.3 Å². The molecule has 20 heavy (non-hydrogen) atoms. The third-order valence-electron chi connectivity index (χ3n) is 3.16. The summed E-state index contributed by atoms with van der Waals surface area (Å²) in [5, 5.41) is 3.25. The highest BCUT2D eigenvalue weighted by Gasteiger charge is 2.08. The van der Waals surface area contributed by atoms with E-state index in [2.05, 4.69) is 11.4 Å². The summed E-state index contributed by atoms with van der Waals surface area (Å²) in [5.74, 6) is 1.49. The molecule has 1 heterocycles. The summed E-state index contributed by atoms with van der Waals surface area (Å²) in [6.45, 7) is 0.504. The first-order valence-electron chi connectivity index (χ1n) is 6.30. The van der Waals surface area contributed by atoms with Crippen molar-refractivity contribution in [3.63, 3.8) is 0 Å². The van der Waals surface area contributed by atoms with Gasteiger partial charge in [-0.05, 0) is 23.6 Å². The van der Waals surface area contributed by atoms with Gasteiger partial charge in [-0.25, -0.2) is 0 Å². The van der Waals surface area contributed by atoms with Gasteiger partial charge in [-0.3, -0.25) is 0 Å². The van der Waals surface area contributed by atoms with Crippen molar-refractivity contribution in [2.45, 2.75) is 6.61 Å². The number of para-hydroxylation sites is 2. The third kappa shape index (κ3) is 2.30. The SMILES string of the molecule is COc1ccccc1OCc1csc2c(N)cccc12. The maximum Gasteiger partial charge on any atom is 0.161 e. The van der Waals surface area contributed by atoms with E-state index in [0.717, 1.165) is 32.8 Å². The molecule has 4 heteroatoms. The molecule has 0 radical (unpaired) electrons. The van der Waals surface area contributed by atoms with Gasteiger partial charge in [0.15, 0.2) is 11.5 Å². The molecule has 2 N–H and O–H groups in total. The Morgan fingerprint density at radius 2 is 1.85 bits per heavy atom. The number of anilines is 1. The molecule has 2 aromatic carbocycles. The van der Waals surface area contributed by atoms with Gasteiger partial charge in [0.1, 0.15) is 6.61 Å². The number of fused-ring (bicyclic) bond motifs is 1. The van der Waals surface area contributed by atoms with Crippen LogP contribution in [0.1, 0.15) is 5.56 Å². The van der Waals surface area contributed by atoms with Crippen molar-refractivity contribution < 1.29 is 9.47 Å². The summed E-state index contributed by atoms with van der Waals surface area (Å²) in [4.78, 5) is 0. The lowest BCUT2D eigenvalue weighted by Gasteiger charge is -2.09. The van der Waals surface area contributed by atoms with Crippen LogP contribution in [0.2, 0.25) is 0 Å². The van der Waals surface area contributed by atoms with Crippen molar-refractivity contribution >= 4 is 27.1 Å². The minimum absolute atomic E-state index is 0.504. The molecule has 0 bridgehead atoms. The highest BCUT2D eigenvalue weighted by molar-refractivity contribution is 7.18. The number of thiophene rings is 1.